The maximum atomic E-state index is 6.09. The monoisotopic (exact) mass is 268 g/mol. The van der Waals surface area contributed by atoms with Crippen molar-refractivity contribution in [3.8, 4) is 0 Å². The number of pyridine rings is 1. The summed E-state index contributed by atoms with van der Waals surface area (Å²) in [5, 5.41) is 0. The second-order valence-electron chi connectivity index (χ2n) is 4.22. The summed E-state index contributed by atoms with van der Waals surface area (Å²) in [4.78, 5) is 4.31. The molecule has 108 valence electrons. The fourth-order valence-corrected chi connectivity index (χ4v) is 1.66. The molecule has 1 aromatic heterocycles. The van der Waals surface area contributed by atoms with Crippen molar-refractivity contribution in [1.82, 2.24) is 4.98 Å². The number of nitrogens with zero attached hydrogens (tertiary/aromatic N) is 1. The fourth-order valence-electron chi connectivity index (χ4n) is 1.66. The zero-order valence-electron chi connectivity index (χ0n) is 11.7. The molecule has 0 aliphatic heterocycles. The summed E-state index contributed by atoms with van der Waals surface area (Å²) in [5.41, 5.74) is 6.96. The summed E-state index contributed by atoms with van der Waals surface area (Å²) in [6.45, 7) is 4.24. The minimum atomic E-state index is -0.183. The number of hydrogen-bond acceptors (Lipinski definition) is 5. The van der Waals surface area contributed by atoms with E-state index in [9.17, 15) is 0 Å². The van der Waals surface area contributed by atoms with Crippen molar-refractivity contribution in [1.29, 1.82) is 0 Å². The van der Waals surface area contributed by atoms with Crippen molar-refractivity contribution in [2.24, 2.45) is 5.73 Å². The van der Waals surface area contributed by atoms with E-state index in [1.54, 1.807) is 13.3 Å². The smallest absolute Gasteiger partial charge is 0.115 e. The minimum Gasteiger partial charge on any atom is -0.382 e. The Morgan fingerprint density at radius 2 is 2.00 bits per heavy atom. The van der Waals surface area contributed by atoms with Crippen molar-refractivity contribution in [3.05, 3.63) is 30.1 Å². The average molecular weight is 268 g/mol. The summed E-state index contributed by atoms with van der Waals surface area (Å²) in [6, 6.07) is 5.70. The summed E-state index contributed by atoms with van der Waals surface area (Å²) in [6.07, 6.45) is 2.41. The van der Waals surface area contributed by atoms with Crippen molar-refractivity contribution in [2.45, 2.75) is 25.5 Å². The van der Waals surface area contributed by atoms with Gasteiger partial charge in [-0.3, -0.25) is 4.98 Å². The van der Waals surface area contributed by atoms with E-state index in [-0.39, 0.29) is 12.1 Å². The van der Waals surface area contributed by atoms with Gasteiger partial charge >= 0.3 is 0 Å². The maximum Gasteiger partial charge on any atom is 0.115 e. The number of ether oxygens (including phenoxy) is 3. The highest BCUT2D eigenvalue weighted by Crippen LogP contribution is 2.19. The van der Waals surface area contributed by atoms with E-state index in [0.717, 1.165) is 12.1 Å². The second kappa shape index (κ2) is 9.86. The molecule has 0 radical (unpaired) electrons. The first-order valence-electron chi connectivity index (χ1n) is 6.64. The van der Waals surface area contributed by atoms with Crippen LogP contribution in [0.4, 0.5) is 0 Å². The molecule has 0 saturated heterocycles. The molecule has 0 aliphatic rings. The van der Waals surface area contributed by atoms with Gasteiger partial charge < -0.3 is 19.9 Å². The van der Waals surface area contributed by atoms with Gasteiger partial charge in [-0.15, -0.1) is 0 Å². The van der Waals surface area contributed by atoms with Crippen molar-refractivity contribution in [3.63, 3.8) is 0 Å². The predicted octanol–water partition coefficient (Wildman–Crippen LogP) is 1.54. The van der Waals surface area contributed by atoms with E-state index in [4.69, 9.17) is 19.9 Å². The van der Waals surface area contributed by atoms with Crippen LogP contribution in [0.2, 0.25) is 0 Å². The third-order valence-electron chi connectivity index (χ3n) is 2.80. The van der Waals surface area contributed by atoms with E-state index in [1.807, 2.05) is 25.1 Å². The first-order chi connectivity index (χ1) is 9.29. The lowest BCUT2D eigenvalue weighted by Gasteiger charge is -2.22. The summed E-state index contributed by atoms with van der Waals surface area (Å²) >= 11 is 0. The molecule has 0 fully saturated rings. The Morgan fingerprint density at radius 3 is 2.63 bits per heavy atom. The van der Waals surface area contributed by atoms with Gasteiger partial charge in [0.25, 0.3) is 0 Å². The van der Waals surface area contributed by atoms with E-state index in [1.165, 1.54) is 0 Å². The largest absolute Gasteiger partial charge is 0.382 e. The molecule has 0 aromatic carbocycles. The molecule has 0 aliphatic carbocycles. The molecule has 0 bridgehead atoms. The molecule has 2 atom stereocenters. The number of rotatable bonds is 10. The zero-order valence-corrected chi connectivity index (χ0v) is 11.7. The molecule has 19 heavy (non-hydrogen) atoms. The van der Waals surface area contributed by atoms with E-state index in [2.05, 4.69) is 4.98 Å². The molecular weight excluding hydrogens is 244 g/mol. The molecule has 0 spiro atoms. The van der Waals surface area contributed by atoms with Crippen LogP contribution in [0.15, 0.2) is 24.4 Å². The lowest BCUT2D eigenvalue weighted by molar-refractivity contribution is -0.0181. The standard InChI is InChI=1S/C14H24N2O3/c1-3-12(15)14(13-6-4-5-7-16-13)19-11-10-18-9-8-17-2/h4-7,12,14H,3,8-11,15H2,1-2H3. The molecule has 1 heterocycles. The van der Waals surface area contributed by atoms with Crippen LogP contribution in [-0.2, 0) is 14.2 Å². The van der Waals surface area contributed by atoms with Crippen LogP contribution in [0.5, 0.6) is 0 Å². The van der Waals surface area contributed by atoms with Crippen LogP contribution in [0.3, 0.4) is 0 Å². The quantitative estimate of drug-likeness (QED) is 0.652. The minimum absolute atomic E-state index is 0.0612. The van der Waals surface area contributed by atoms with Crippen LogP contribution in [-0.4, -0.2) is 44.6 Å². The molecule has 5 nitrogen and oxygen atoms in total. The van der Waals surface area contributed by atoms with Crippen molar-refractivity contribution >= 4 is 0 Å². The van der Waals surface area contributed by atoms with Gasteiger partial charge in [0.1, 0.15) is 6.10 Å². The molecule has 1 rings (SSSR count). The highest BCUT2D eigenvalue weighted by Gasteiger charge is 2.20. The molecule has 0 saturated carbocycles. The molecule has 2 N–H and O–H groups in total. The number of nitrogens with two attached hydrogens (primary N) is 1. The Bertz CT molecular complexity index is 322. The van der Waals surface area contributed by atoms with Gasteiger partial charge in [-0.2, -0.15) is 0 Å². The van der Waals surface area contributed by atoms with Crippen molar-refractivity contribution in [2.75, 3.05) is 33.5 Å². The Hall–Kier alpha value is -1.01. The van der Waals surface area contributed by atoms with Gasteiger partial charge in [-0.05, 0) is 18.6 Å². The summed E-state index contributed by atoms with van der Waals surface area (Å²) < 4.78 is 16.1. The van der Waals surface area contributed by atoms with Gasteiger partial charge in [0.2, 0.25) is 0 Å². The van der Waals surface area contributed by atoms with Gasteiger partial charge in [0, 0.05) is 19.3 Å². The Balaban J connectivity index is 2.39. The van der Waals surface area contributed by atoms with Crippen LogP contribution in [0, 0.1) is 0 Å². The van der Waals surface area contributed by atoms with E-state index < -0.39 is 0 Å². The lowest BCUT2D eigenvalue weighted by atomic mass is 10.1. The highest BCUT2D eigenvalue weighted by atomic mass is 16.5. The number of aromatic nitrogens is 1. The van der Waals surface area contributed by atoms with Crippen LogP contribution in [0.25, 0.3) is 0 Å². The lowest BCUT2D eigenvalue weighted by Crippen LogP contribution is -2.31. The average Bonchev–Trinajstić information content (AvgIpc) is 2.47. The Kier molecular flexibility index (Phi) is 8.33. The Labute approximate surface area is 115 Å². The van der Waals surface area contributed by atoms with Crippen LogP contribution in [0.1, 0.15) is 25.1 Å². The number of hydrogen-bond donors (Lipinski definition) is 1. The normalized spacial score (nSPS) is 14.3. The SMILES string of the molecule is CCC(N)C(OCCOCCOC)c1ccccn1. The van der Waals surface area contributed by atoms with Gasteiger partial charge in [-0.25, -0.2) is 0 Å². The molecule has 0 amide bonds. The topological polar surface area (TPSA) is 66.6 Å². The second-order valence-corrected chi connectivity index (χ2v) is 4.22. The van der Waals surface area contributed by atoms with Gasteiger partial charge in [0.05, 0.1) is 32.1 Å². The maximum absolute atomic E-state index is 6.09. The van der Waals surface area contributed by atoms with Gasteiger partial charge in [0.15, 0.2) is 0 Å². The predicted molar refractivity (Wildman–Crippen MR) is 73.9 cm³/mol. The fraction of sp³-hybridized carbons (Fsp3) is 0.643. The van der Waals surface area contributed by atoms with Crippen LogP contribution >= 0.6 is 0 Å². The highest BCUT2D eigenvalue weighted by molar-refractivity contribution is 5.09. The van der Waals surface area contributed by atoms with Crippen molar-refractivity contribution < 1.29 is 14.2 Å². The third kappa shape index (κ3) is 6.11. The summed E-state index contributed by atoms with van der Waals surface area (Å²) in [5.74, 6) is 0. The number of methoxy groups -OCH3 is 1. The molecule has 5 heteroatoms. The van der Waals surface area contributed by atoms with E-state index in [0.29, 0.717) is 26.4 Å². The molecular formula is C14H24N2O3. The molecule has 1 aromatic rings. The van der Waals surface area contributed by atoms with Crippen LogP contribution < -0.4 is 5.73 Å². The zero-order chi connectivity index (χ0) is 13.9. The third-order valence-corrected chi connectivity index (χ3v) is 2.80. The Morgan fingerprint density at radius 1 is 1.21 bits per heavy atom. The van der Waals surface area contributed by atoms with Gasteiger partial charge in [-0.1, -0.05) is 13.0 Å². The first kappa shape index (κ1) is 16.0. The molecule has 2 unspecified atom stereocenters. The van der Waals surface area contributed by atoms with E-state index >= 15 is 0 Å². The first-order valence-corrected chi connectivity index (χ1v) is 6.64. The summed E-state index contributed by atoms with van der Waals surface area (Å²) in [7, 11) is 1.65.